The molecule has 0 saturated carbocycles. The molecule has 0 aliphatic heterocycles. The van der Waals surface area contributed by atoms with Gasteiger partial charge in [-0.15, -0.1) is 0 Å². The zero-order valence-corrected chi connectivity index (χ0v) is 22.0. The van der Waals surface area contributed by atoms with Gasteiger partial charge in [0.1, 0.15) is 10.6 Å². The summed E-state index contributed by atoms with van der Waals surface area (Å²) in [6.45, 7) is 3.90. The zero-order chi connectivity index (χ0) is 28.2. The van der Waals surface area contributed by atoms with Crippen LogP contribution in [0.1, 0.15) is 35.3 Å². The lowest BCUT2D eigenvalue weighted by Crippen LogP contribution is -2.36. The maximum atomic E-state index is 13.4. The molecule has 0 N–H and O–H groups in total. The van der Waals surface area contributed by atoms with Crippen molar-refractivity contribution >= 4 is 16.0 Å². The molecule has 39 heavy (non-hydrogen) atoms. The molecular formula is C30H26F3NO4S. The molecule has 4 aromatic carbocycles. The second kappa shape index (κ2) is 11.3. The van der Waals surface area contributed by atoms with E-state index in [4.69, 9.17) is 4.18 Å². The fraction of sp³-hybridized carbons (Fsp3) is 0.167. The van der Waals surface area contributed by atoms with Crippen LogP contribution in [0.15, 0.2) is 108 Å². The Morgan fingerprint density at radius 1 is 0.821 bits per heavy atom. The van der Waals surface area contributed by atoms with Crippen LogP contribution < -0.4 is 4.18 Å². The first-order valence-corrected chi connectivity index (χ1v) is 13.5. The number of hydrogen-bond donors (Lipinski definition) is 0. The highest BCUT2D eigenvalue weighted by atomic mass is 32.2. The molecule has 0 aliphatic rings. The van der Waals surface area contributed by atoms with Gasteiger partial charge in [-0.3, -0.25) is 4.79 Å². The molecule has 0 aliphatic carbocycles. The summed E-state index contributed by atoms with van der Waals surface area (Å²) in [6.07, 6.45) is -4.69. The number of amides is 1. The first-order chi connectivity index (χ1) is 18.4. The number of halogens is 3. The average molecular weight is 554 g/mol. The highest BCUT2D eigenvalue weighted by Gasteiger charge is 2.32. The fourth-order valence-corrected chi connectivity index (χ4v) is 4.96. The summed E-state index contributed by atoms with van der Waals surface area (Å²) >= 11 is 0. The molecule has 5 nitrogen and oxygen atoms in total. The molecule has 9 heteroatoms. The minimum Gasteiger partial charge on any atom is -0.379 e. The number of alkyl halides is 3. The second-order valence-corrected chi connectivity index (χ2v) is 10.7. The van der Waals surface area contributed by atoms with E-state index in [1.54, 1.807) is 29.2 Å². The Hall–Kier alpha value is -4.11. The first kappa shape index (κ1) is 27.9. The second-order valence-electron chi connectivity index (χ2n) is 9.18. The maximum Gasteiger partial charge on any atom is 0.416 e. The highest BCUT2D eigenvalue weighted by Crippen LogP contribution is 2.31. The van der Waals surface area contributed by atoms with E-state index in [9.17, 15) is 26.4 Å². The van der Waals surface area contributed by atoms with Crippen molar-refractivity contribution in [3.63, 3.8) is 0 Å². The Bertz CT molecular complexity index is 1550. The largest absolute Gasteiger partial charge is 0.416 e. The quantitative estimate of drug-likeness (QED) is 0.217. The van der Waals surface area contributed by atoms with Crippen molar-refractivity contribution in [2.75, 3.05) is 0 Å². The van der Waals surface area contributed by atoms with Gasteiger partial charge in [0.2, 0.25) is 0 Å². The Labute approximate surface area is 225 Å². The Kier molecular flexibility index (Phi) is 8.11. The van der Waals surface area contributed by atoms with Gasteiger partial charge < -0.3 is 9.08 Å². The maximum absolute atomic E-state index is 13.4. The minimum absolute atomic E-state index is 0.0757. The fourth-order valence-electron chi connectivity index (χ4n) is 3.99. The van der Waals surface area contributed by atoms with Crippen molar-refractivity contribution in [2.24, 2.45) is 0 Å². The molecule has 1 amide bonds. The Morgan fingerprint density at radius 2 is 1.46 bits per heavy atom. The zero-order valence-electron chi connectivity index (χ0n) is 21.2. The van der Waals surface area contributed by atoms with Crippen LogP contribution in [0, 0.1) is 0 Å². The molecule has 0 fully saturated rings. The van der Waals surface area contributed by atoms with Gasteiger partial charge in [0.05, 0.1) is 5.56 Å². The Morgan fingerprint density at radius 3 is 2.10 bits per heavy atom. The van der Waals surface area contributed by atoms with E-state index in [-0.39, 0.29) is 24.2 Å². The summed E-state index contributed by atoms with van der Waals surface area (Å²) in [5, 5.41) is 0. The van der Waals surface area contributed by atoms with Crippen molar-refractivity contribution in [1.82, 2.24) is 4.90 Å². The summed E-state index contributed by atoms with van der Waals surface area (Å²) < 4.78 is 69.6. The summed E-state index contributed by atoms with van der Waals surface area (Å²) in [4.78, 5) is 14.4. The molecule has 0 radical (unpaired) electrons. The summed E-state index contributed by atoms with van der Waals surface area (Å²) in [5.74, 6) is -0.277. The third-order valence-corrected chi connectivity index (χ3v) is 7.27. The number of nitrogens with zero attached hydrogens (tertiary/aromatic N) is 1. The number of rotatable bonds is 8. The van der Waals surface area contributed by atoms with Crippen molar-refractivity contribution in [3.05, 3.63) is 120 Å². The third-order valence-electron chi connectivity index (χ3n) is 6.03. The monoisotopic (exact) mass is 553 g/mol. The van der Waals surface area contributed by atoms with Crippen LogP contribution >= 0.6 is 0 Å². The molecule has 0 spiro atoms. The summed E-state index contributed by atoms with van der Waals surface area (Å²) in [7, 11) is -4.52. The lowest BCUT2D eigenvalue weighted by atomic mass is 10.0. The molecule has 0 aromatic heterocycles. The van der Waals surface area contributed by atoms with Gasteiger partial charge in [0.15, 0.2) is 0 Å². The van der Waals surface area contributed by atoms with Crippen molar-refractivity contribution in [2.45, 2.75) is 37.5 Å². The van der Waals surface area contributed by atoms with Crippen molar-refractivity contribution in [1.29, 1.82) is 0 Å². The van der Waals surface area contributed by atoms with Crippen LogP contribution in [0.25, 0.3) is 11.1 Å². The van der Waals surface area contributed by atoms with Crippen LogP contribution in [-0.4, -0.2) is 25.3 Å². The van der Waals surface area contributed by atoms with Crippen molar-refractivity contribution in [3.8, 4) is 16.9 Å². The molecule has 0 atom stereocenters. The van der Waals surface area contributed by atoms with Crippen LogP contribution in [0.3, 0.4) is 0 Å². The van der Waals surface area contributed by atoms with Gasteiger partial charge in [-0.05, 0) is 73.0 Å². The molecule has 0 unspecified atom stereocenters. The summed E-state index contributed by atoms with van der Waals surface area (Å²) in [6, 6.07) is 26.4. The minimum atomic E-state index is -4.69. The lowest BCUT2D eigenvalue weighted by Gasteiger charge is -2.27. The number of carbonyl (C=O) groups excluding carboxylic acids is 1. The van der Waals surface area contributed by atoms with E-state index >= 15 is 0 Å². The van der Waals surface area contributed by atoms with Gasteiger partial charge >= 0.3 is 16.3 Å². The van der Waals surface area contributed by atoms with Gasteiger partial charge in [0, 0.05) is 18.2 Å². The van der Waals surface area contributed by atoms with Crippen molar-refractivity contribution < 1.29 is 30.6 Å². The Balaban J connectivity index is 1.52. The number of benzene rings is 4. The molecule has 0 bridgehead atoms. The molecule has 202 valence electrons. The van der Waals surface area contributed by atoms with Gasteiger partial charge in [0.25, 0.3) is 5.91 Å². The van der Waals surface area contributed by atoms with E-state index in [2.05, 4.69) is 0 Å². The third kappa shape index (κ3) is 6.86. The SMILES string of the molecule is CC(C)N(Cc1cccc(OS(=O)(=O)c2cccc(C(F)(F)F)c2)c1)C(=O)c1ccc(-c2ccccc2)cc1. The predicted octanol–water partition coefficient (Wildman–Crippen LogP) is 7.19. The highest BCUT2D eigenvalue weighted by molar-refractivity contribution is 7.87. The average Bonchev–Trinajstić information content (AvgIpc) is 2.91. The molecule has 4 rings (SSSR count). The number of hydrogen-bond acceptors (Lipinski definition) is 4. The molecule has 0 heterocycles. The topological polar surface area (TPSA) is 63.7 Å². The summed E-state index contributed by atoms with van der Waals surface area (Å²) in [5.41, 5.74) is 2.02. The molecular weight excluding hydrogens is 527 g/mol. The van der Waals surface area contributed by atoms with Crippen LogP contribution in [-0.2, 0) is 22.8 Å². The van der Waals surface area contributed by atoms with Gasteiger partial charge in [-0.1, -0.05) is 60.7 Å². The smallest absolute Gasteiger partial charge is 0.379 e. The molecule has 4 aromatic rings. The van der Waals surface area contributed by atoms with Crippen LogP contribution in [0.4, 0.5) is 13.2 Å². The molecule has 0 saturated heterocycles. The van der Waals surface area contributed by atoms with Gasteiger partial charge in [-0.2, -0.15) is 21.6 Å². The van der Waals surface area contributed by atoms with E-state index in [0.717, 1.165) is 29.3 Å². The number of carbonyl (C=O) groups is 1. The van der Waals surface area contributed by atoms with Crippen LogP contribution in [0.5, 0.6) is 5.75 Å². The van der Waals surface area contributed by atoms with Gasteiger partial charge in [-0.25, -0.2) is 0 Å². The van der Waals surface area contributed by atoms with E-state index < -0.39 is 26.8 Å². The van der Waals surface area contributed by atoms with E-state index in [1.165, 1.54) is 12.1 Å². The predicted molar refractivity (Wildman–Crippen MR) is 143 cm³/mol. The standard InChI is InChI=1S/C30H26F3NO4S/c1-21(2)34(29(35)25-16-14-24(15-17-25)23-9-4-3-5-10-23)20-22-8-6-12-27(18-22)38-39(36,37)28-13-7-11-26(19-28)30(31,32)33/h3-19,21H,20H2,1-2H3. The lowest BCUT2D eigenvalue weighted by molar-refractivity contribution is -0.137. The first-order valence-electron chi connectivity index (χ1n) is 12.1. The van der Waals surface area contributed by atoms with E-state index in [0.29, 0.717) is 17.2 Å². The van der Waals surface area contributed by atoms with Crippen LogP contribution in [0.2, 0.25) is 0 Å². The van der Waals surface area contributed by atoms with E-state index in [1.807, 2.05) is 56.3 Å². The normalized spacial score (nSPS) is 11.8.